The monoisotopic (exact) mass is 1050 g/mol. The maximum Gasteiger partial charge on any atom is 0.233 e. The Balaban J connectivity index is 0.811. The van der Waals surface area contributed by atoms with Crippen molar-refractivity contribution in [2.24, 2.45) is 11.3 Å². The van der Waals surface area contributed by atoms with E-state index in [9.17, 15) is 41.8 Å². The lowest BCUT2D eigenvalue weighted by atomic mass is 9.69. The van der Waals surface area contributed by atoms with Crippen LogP contribution in [0.15, 0.2) is 120 Å². The van der Waals surface area contributed by atoms with Crippen molar-refractivity contribution in [3.8, 4) is 0 Å². The van der Waals surface area contributed by atoms with E-state index in [2.05, 4.69) is 17.6 Å². The van der Waals surface area contributed by atoms with Crippen LogP contribution in [0.4, 0.5) is 25.8 Å². The molecule has 1 saturated heterocycles. The standard InChI is InChI=1S/C61H76F2N4O7S/c1-5-7-37-61(6-2)41-75(73,74)54-36-33-50(66(3)4)39-52(54)57(59(61)71)45-17-16-18-48(38-45)65-56(70)20-15-13-11-9-8-10-12-14-19-55(69)64-40-42-21-23-44(24-22-42)58-51(34-35-53(68)43-25-27-46(62)28-26-43)60(72)67(58)49-31-29-47(63)30-32-49/h16-18,21-33,36,38-39,51,53,57-59,68,71H,5-15,19-20,34-35,37,40-41H2,1-4H3,(H,64,69)(H,65,70). The van der Waals surface area contributed by atoms with Gasteiger partial charge in [-0.15, -0.1) is 0 Å². The number of sulfone groups is 1. The second-order valence-electron chi connectivity index (χ2n) is 21.0. The van der Waals surface area contributed by atoms with E-state index in [4.69, 9.17) is 0 Å². The Morgan fingerprint density at radius 2 is 1.40 bits per heavy atom. The lowest BCUT2D eigenvalue weighted by Crippen LogP contribution is -2.55. The van der Waals surface area contributed by atoms with Gasteiger partial charge in [0, 0.05) is 61.9 Å². The number of rotatable bonds is 26. The zero-order chi connectivity index (χ0) is 53.7. The number of unbranched alkanes of at least 4 members (excludes halogenated alkanes) is 8. The number of carbonyl (C=O) groups is 3. The van der Waals surface area contributed by atoms with Crippen LogP contribution in [0, 0.1) is 23.0 Å². The minimum absolute atomic E-state index is 0.0155. The zero-order valence-corrected chi connectivity index (χ0v) is 44.9. The Kier molecular flexibility index (Phi) is 19.8. The third kappa shape index (κ3) is 14.3. The number of anilines is 3. The number of aliphatic hydroxyl groups is 2. The minimum Gasteiger partial charge on any atom is -0.392 e. The highest BCUT2D eigenvalue weighted by Crippen LogP contribution is 2.50. The van der Waals surface area contributed by atoms with Gasteiger partial charge in [-0.2, -0.15) is 0 Å². The summed E-state index contributed by atoms with van der Waals surface area (Å²) in [6.45, 7) is 4.42. The van der Waals surface area contributed by atoms with Crippen LogP contribution < -0.4 is 20.4 Å². The number of carbonyl (C=O) groups excluding carboxylic acids is 3. The first kappa shape index (κ1) is 56.8. The third-order valence-corrected chi connectivity index (χ3v) is 17.6. The minimum atomic E-state index is -3.71. The maximum absolute atomic E-state index is 14.1. The topological polar surface area (TPSA) is 156 Å². The molecule has 6 unspecified atom stereocenters. The number of nitrogens with zero attached hydrogens (tertiary/aromatic N) is 2. The molecular formula is C61H76F2N4O7S. The fourth-order valence-corrected chi connectivity index (χ4v) is 13.3. The molecule has 2 aliphatic heterocycles. The number of aliphatic hydroxyl groups excluding tert-OH is 2. The zero-order valence-electron chi connectivity index (χ0n) is 44.1. The van der Waals surface area contributed by atoms with Gasteiger partial charge in [-0.25, -0.2) is 17.2 Å². The fourth-order valence-electron chi connectivity index (χ4n) is 11.1. The number of nitrogens with one attached hydrogen (secondary N) is 2. The van der Waals surface area contributed by atoms with Gasteiger partial charge >= 0.3 is 0 Å². The van der Waals surface area contributed by atoms with Crippen LogP contribution in [0.3, 0.4) is 0 Å². The van der Waals surface area contributed by atoms with E-state index in [1.54, 1.807) is 35.2 Å². The molecular weight excluding hydrogens is 971 g/mol. The first-order valence-corrected chi connectivity index (χ1v) is 28.7. The molecule has 14 heteroatoms. The molecule has 3 amide bonds. The molecule has 5 aromatic carbocycles. The molecule has 402 valence electrons. The van der Waals surface area contributed by atoms with Gasteiger partial charge < -0.3 is 30.6 Å². The van der Waals surface area contributed by atoms with Crippen molar-refractivity contribution in [2.75, 3.05) is 35.0 Å². The lowest BCUT2D eigenvalue weighted by molar-refractivity contribution is -0.131. The maximum atomic E-state index is 14.1. The predicted molar refractivity (Wildman–Crippen MR) is 293 cm³/mol. The molecule has 11 nitrogen and oxygen atoms in total. The number of hydrogen-bond acceptors (Lipinski definition) is 8. The molecule has 1 fully saturated rings. The highest BCUT2D eigenvalue weighted by molar-refractivity contribution is 7.91. The molecule has 0 aliphatic carbocycles. The quantitative estimate of drug-likeness (QED) is 0.0315. The van der Waals surface area contributed by atoms with Gasteiger partial charge in [0.05, 0.1) is 34.8 Å². The van der Waals surface area contributed by atoms with Crippen LogP contribution >= 0.6 is 0 Å². The van der Waals surface area contributed by atoms with Gasteiger partial charge in [0.15, 0.2) is 9.84 Å². The molecule has 5 aromatic rings. The first-order chi connectivity index (χ1) is 36.0. The highest BCUT2D eigenvalue weighted by Gasteiger charge is 2.50. The highest BCUT2D eigenvalue weighted by atomic mass is 32.2. The average molecular weight is 1050 g/mol. The van der Waals surface area contributed by atoms with Crippen LogP contribution in [0.2, 0.25) is 0 Å². The largest absolute Gasteiger partial charge is 0.392 e. The summed E-state index contributed by atoms with van der Waals surface area (Å²) in [6.07, 6.45) is 10.1. The summed E-state index contributed by atoms with van der Waals surface area (Å²) in [6, 6.07) is 31.8. The molecule has 0 radical (unpaired) electrons. The predicted octanol–water partition coefficient (Wildman–Crippen LogP) is 12.3. The van der Waals surface area contributed by atoms with Gasteiger partial charge in [0.1, 0.15) is 11.6 Å². The molecule has 2 aliphatic rings. The van der Waals surface area contributed by atoms with Crippen molar-refractivity contribution < 1.29 is 41.8 Å². The molecule has 0 bridgehead atoms. The van der Waals surface area contributed by atoms with Crippen LogP contribution in [0.25, 0.3) is 0 Å². The molecule has 6 atom stereocenters. The molecule has 4 N–H and O–H groups in total. The van der Waals surface area contributed by atoms with Crippen molar-refractivity contribution in [3.05, 3.63) is 155 Å². The fraction of sp³-hybridized carbons (Fsp3) is 0.459. The van der Waals surface area contributed by atoms with Crippen molar-refractivity contribution in [1.82, 2.24) is 5.32 Å². The van der Waals surface area contributed by atoms with E-state index in [0.29, 0.717) is 67.6 Å². The summed E-state index contributed by atoms with van der Waals surface area (Å²) in [5, 5.41) is 29.2. The molecule has 0 saturated carbocycles. The van der Waals surface area contributed by atoms with E-state index >= 15 is 0 Å². The van der Waals surface area contributed by atoms with Crippen molar-refractivity contribution in [2.45, 2.75) is 152 Å². The van der Waals surface area contributed by atoms with E-state index in [0.717, 1.165) is 86.6 Å². The number of β-lactam (4-membered cyclic amide) rings is 1. The van der Waals surface area contributed by atoms with Crippen LogP contribution in [-0.4, -0.2) is 62.3 Å². The van der Waals surface area contributed by atoms with E-state index in [-0.39, 0.29) is 40.2 Å². The average Bonchev–Trinajstić information content (AvgIpc) is 3.48. The van der Waals surface area contributed by atoms with Crippen molar-refractivity contribution in [3.63, 3.8) is 0 Å². The number of halogens is 2. The third-order valence-electron chi connectivity index (χ3n) is 15.6. The summed E-state index contributed by atoms with van der Waals surface area (Å²) in [5.74, 6) is -2.14. The van der Waals surface area contributed by atoms with E-state index in [1.807, 2.05) is 86.6 Å². The number of fused-ring (bicyclic) bond motifs is 1. The smallest absolute Gasteiger partial charge is 0.233 e. The number of hydrogen-bond donors (Lipinski definition) is 4. The van der Waals surface area contributed by atoms with E-state index < -0.39 is 45.1 Å². The van der Waals surface area contributed by atoms with E-state index in [1.165, 1.54) is 24.3 Å². The van der Waals surface area contributed by atoms with Crippen LogP contribution in [-0.2, 0) is 30.8 Å². The molecule has 7 rings (SSSR count). The van der Waals surface area contributed by atoms with Gasteiger partial charge in [-0.05, 0) is 133 Å². The summed E-state index contributed by atoms with van der Waals surface area (Å²) >= 11 is 0. The summed E-state index contributed by atoms with van der Waals surface area (Å²) in [5.41, 5.74) is 4.95. The SMILES string of the molecule is CCCCC1(CC)CS(=O)(=O)c2ccc(N(C)C)cc2C(c2cccc(NC(=O)CCCCCCCCCCC(=O)NCc3ccc(C4C(CCC(O)c5ccc(F)cc5)C(=O)N4c4ccc(F)cc4)cc3)c2)C1O. The molecule has 0 aromatic heterocycles. The number of benzene rings is 5. The molecule has 75 heavy (non-hydrogen) atoms. The summed E-state index contributed by atoms with van der Waals surface area (Å²) in [7, 11) is 0.106. The summed E-state index contributed by atoms with van der Waals surface area (Å²) < 4.78 is 55.4. The Morgan fingerprint density at radius 1 is 0.773 bits per heavy atom. The Hall–Kier alpha value is -5.96. The molecule has 2 heterocycles. The Labute approximate surface area is 443 Å². The second kappa shape index (κ2) is 26.2. The first-order valence-electron chi connectivity index (χ1n) is 27.0. The van der Waals surface area contributed by atoms with Crippen molar-refractivity contribution in [1.29, 1.82) is 0 Å². The van der Waals surface area contributed by atoms with Gasteiger partial charge in [-0.3, -0.25) is 14.4 Å². The van der Waals surface area contributed by atoms with Gasteiger partial charge in [-0.1, -0.05) is 114 Å². The normalized spacial score (nSPS) is 20.4. The number of amides is 3. The molecule has 0 spiro atoms. The Morgan fingerprint density at radius 3 is 2.03 bits per heavy atom. The van der Waals surface area contributed by atoms with Gasteiger partial charge in [0.25, 0.3) is 0 Å². The van der Waals surface area contributed by atoms with Crippen molar-refractivity contribution >= 4 is 44.6 Å². The lowest BCUT2D eigenvalue weighted by Gasteiger charge is -2.48. The van der Waals surface area contributed by atoms with Crippen LogP contribution in [0.1, 0.15) is 162 Å². The second-order valence-corrected chi connectivity index (χ2v) is 23.0. The Bertz CT molecular complexity index is 2810. The summed E-state index contributed by atoms with van der Waals surface area (Å²) in [4.78, 5) is 43.3. The van der Waals surface area contributed by atoms with Crippen LogP contribution in [0.5, 0.6) is 0 Å². The van der Waals surface area contributed by atoms with Gasteiger partial charge in [0.2, 0.25) is 17.7 Å².